The van der Waals surface area contributed by atoms with Crippen molar-refractivity contribution in [3.8, 4) is 5.75 Å². The van der Waals surface area contributed by atoms with Crippen LogP contribution in [0.15, 0.2) is 41.7 Å². The van der Waals surface area contributed by atoms with Gasteiger partial charge in [0.1, 0.15) is 23.8 Å². The molecule has 1 aliphatic rings. The molecule has 0 radical (unpaired) electrons. The van der Waals surface area contributed by atoms with Crippen molar-refractivity contribution in [3.05, 3.63) is 64.2 Å². The highest BCUT2D eigenvalue weighted by molar-refractivity contribution is 5.99. The van der Waals surface area contributed by atoms with Gasteiger partial charge in [-0.15, -0.1) is 0 Å². The van der Waals surface area contributed by atoms with E-state index in [0.29, 0.717) is 47.0 Å². The van der Waals surface area contributed by atoms with Gasteiger partial charge in [-0.25, -0.2) is 25.4 Å². The molecule has 0 aromatic carbocycles. The topological polar surface area (TPSA) is 177 Å². The first-order valence-electron chi connectivity index (χ1n) is 13.5. The maximum absolute atomic E-state index is 13.4. The van der Waals surface area contributed by atoms with E-state index in [-0.39, 0.29) is 34.7 Å². The lowest BCUT2D eigenvalue weighted by atomic mass is 10.0. The molecular weight excluding hydrogens is 542 g/mol. The van der Waals surface area contributed by atoms with Crippen LogP contribution < -0.4 is 26.0 Å². The van der Waals surface area contributed by atoms with Crippen molar-refractivity contribution in [2.24, 2.45) is 0 Å². The fourth-order valence-corrected chi connectivity index (χ4v) is 5.08. The van der Waals surface area contributed by atoms with Gasteiger partial charge in [0.15, 0.2) is 5.78 Å². The van der Waals surface area contributed by atoms with Crippen LogP contribution in [-0.2, 0) is 0 Å². The van der Waals surface area contributed by atoms with Gasteiger partial charge in [-0.2, -0.15) is 4.98 Å². The number of hydrogen-bond acceptors (Lipinski definition) is 12. The normalized spacial score (nSPS) is 13.2. The van der Waals surface area contributed by atoms with E-state index >= 15 is 0 Å². The maximum atomic E-state index is 13.4. The van der Waals surface area contributed by atoms with E-state index < -0.39 is 5.91 Å². The zero-order valence-corrected chi connectivity index (χ0v) is 23.5. The molecule has 0 saturated heterocycles. The Balaban J connectivity index is 1.26. The molecule has 1 fully saturated rings. The van der Waals surface area contributed by atoms with Gasteiger partial charge < -0.3 is 15.0 Å². The number of aromatic nitrogens is 6. The van der Waals surface area contributed by atoms with E-state index in [4.69, 9.17) is 9.94 Å². The first-order chi connectivity index (χ1) is 20.3. The third-order valence-electron chi connectivity index (χ3n) is 7.31. The summed E-state index contributed by atoms with van der Waals surface area (Å²) in [4.78, 5) is 60.3. The van der Waals surface area contributed by atoms with E-state index in [1.54, 1.807) is 36.0 Å². The van der Waals surface area contributed by atoms with E-state index in [2.05, 4.69) is 30.2 Å². The van der Waals surface area contributed by atoms with Crippen molar-refractivity contribution < 1.29 is 19.5 Å². The summed E-state index contributed by atoms with van der Waals surface area (Å²) < 4.78 is 7.48. The molecule has 0 unspecified atom stereocenters. The Kier molecular flexibility index (Phi) is 8.33. The molecule has 1 saturated carbocycles. The average molecular weight is 574 g/mol. The highest BCUT2D eigenvalue weighted by Gasteiger charge is 2.26. The standard InChI is InChI=1S/C28H31N9O5/c1-16-21-15-32-28(34-25(21)37(18-6-4-5-7-18)27(40)23(16)17(2)38)33-22-9-8-20(14-29-22)42-11-10-36(3)19-12-30-24(31-13-19)26(39)35-41/h8-9,12-15,18,41H,4-7,10-11H2,1-3H3,(H,35,39)(H,29,32,33,34). The summed E-state index contributed by atoms with van der Waals surface area (Å²) >= 11 is 0. The number of aryl methyl sites for hydroxylation is 1. The Bertz CT molecular complexity index is 1670. The number of ether oxygens (including phenoxy) is 1. The van der Waals surface area contributed by atoms with Crippen LogP contribution >= 0.6 is 0 Å². The molecule has 0 bridgehead atoms. The Hall–Kier alpha value is -4.98. The number of carbonyl (C=O) groups excluding carboxylic acids is 2. The van der Waals surface area contributed by atoms with E-state index in [1.807, 2.05) is 11.9 Å². The second-order valence-corrected chi connectivity index (χ2v) is 10.1. The fourth-order valence-electron chi connectivity index (χ4n) is 5.08. The number of ketones is 1. The van der Waals surface area contributed by atoms with Gasteiger partial charge in [0, 0.05) is 24.7 Å². The SMILES string of the molecule is CC(=O)c1c(C)c2cnc(Nc3ccc(OCCN(C)c4cnc(C(=O)NO)nc4)cn3)nc2n(C2CCCC2)c1=O. The summed E-state index contributed by atoms with van der Waals surface area (Å²) in [5.74, 6) is 0.157. The van der Waals surface area contributed by atoms with Gasteiger partial charge in [0.25, 0.3) is 5.56 Å². The molecular formula is C28H31N9O5. The molecule has 1 aliphatic carbocycles. The quantitative estimate of drug-likeness (QED) is 0.144. The van der Waals surface area contributed by atoms with Crippen LogP contribution in [0.5, 0.6) is 5.75 Å². The van der Waals surface area contributed by atoms with E-state index in [9.17, 15) is 14.4 Å². The molecule has 5 rings (SSSR count). The number of amides is 1. The lowest BCUT2D eigenvalue weighted by molar-refractivity contribution is 0.0694. The van der Waals surface area contributed by atoms with E-state index in [1.165, 1.54) is 24.8 Å². The number of likely N-dealkylation sites (N-methyl/N-ethyl adjacent to an activating group) is 1. The van der Waals surface area contributed by atoms with Crippen molar-refractivity contribution in [1.82, 2.24) is 35.0 Å². The number of anilines is 3. The third kappa shape index (κ3) is 5.88. The molecule has 14 nitrogen and oxygen atoms in total. The predicted octanol–water partition coefficient (Wildman–Crippen LogP) is 2.98. The number of fused-ring (bicyclic) bond motifs is 1. The van der Waals surface area contributed by atoms with Crippen molar-refractivity contribution in [2.45, 2.75) is 45.6 Å². The lowest BCUT2D eigenvalue weighted by Crippen LogP contribution is -2.30. The molecule has 218 valence electrons. The van der Waals surface area contributed by atoms with Crippen LogP contribution in [0.3, 0.4) is 0 Å². The molecule has 0 aliphatic heterocycles. The molecule has 0 spiro atoms. The summed E-state index contributed by atoms with van der Waals surface area (Å²) in [5.41, 5.74) is 3.16. The Labute approximate surface area is 240 Å². The number of nitrogens with zero attached hydrogens (tertiary/aromatic N) is 7. The van der Waals surface area contributed by atoms with Crippen molar-refractivity contribution in [3.63, 3.8) is 0 Å². The lowest BCUT2D eigenvalue weighted by Gasteiger charge is -2.19. The van der Waals surface area contributed by atoms with Crippen LogP contribution in [0.2, 0.25) is 0 Å². The minimum atomic E-state index is -0.784. The zero-order chi connectivity index (χ0) is 29.8. The monoisotopic (exact) mass is 573 g/mol. The summed E-state index contributed by atoms with van der Waals surface area (Å²) in [7, 11) is 1.83. The molecule has 4 heterocycles. The third-order valence-corrected chi connectivity index (χ3v) is 7.31. The van der Waals surface area contributed by atoms with Gasteiger partial charge in [0.2, 0.25) is 11.8 Å². The molecule has 0 atom stereocenters. The summed E-state index contributed by atoms with van der Waals surface area (Å²) in [6, 6.07) is 3.49. The van der Waals surface area contributed by atoms with Gasteiger partial charge in [-0.05, 0) is 44.4 Å². The van der Waals surface area contributed by atoms with Gasteiger partial charge in [0.05, 0.1) is 36.4 Å². The molecule has 4 aromatic rings. The first kappa shape index (κ1) is 28.5. The van der Waals surface area contributed by atoms with Crippen LogP contribution in [-0.4, -0.2) is 66.6 Å². The molecule has 14 heteroatoms. The van der Waals surface area contributed by atoms with Crippen molar-refractivity contribution in [1.29, 1.82) is 0 Å². The predicted molar refractivity (Wildman–Crippen MR) is 154 cm³/mol. The number of nitrogens with one attached hydrogen (secondary N) is 2. The average Bonchev–Trinajstić information content (AvgIpc) is 3.52. The smallest absolute Gasteiger partial charge is 0.312 e. The Morgan fingerprint density at radius 3 is 2.48 bits per heavy atom. The molecule has 3 N–H and O–H groups in total. The van der Waals surface area contributed by atoms with Gasteiger partial charge in [-0.3, -0.25) is 24.2 Å². The number of hydrogen-bond donors (Lipinski definition) is 3. The second kappa shape index (κ2) is 12.3. The Morgan fingerprint density at radius 1 is 1.10 bits per heavy atom. The summed E-state index contributed by atoms with van der Waals surface area (Å²) in [6.45, 7) is 4.03. The largest absolute Gasteiger partial charge is 0.490 e. The fraction of sp³-hybridized carbons (Fsp3) is 0.357. The summed E-state index contributed by atoms with van der Waals surface area (Å²) in [5, 5.41) is 12.4. The molecule has 1 amide bonds. The first-order valence-corrected chi connectivity index (χ1v) is 13.5. The summed E-state index contributed by atoms with van der Waals surface area (Å²) in [6.07, 6.45) is 9.96. The highest BCUT2D eigenvalue weighted by atomic mass is 16.5. The Morgan fingerprint density at radius 2 is 1.83 bits per heavy atom. The van der Waals surface area contributed by atoms with Crippen molar-refractivity contribution in [2.75, 3.05) is 30.4 Å². The number of rotatable bonds is 10. The second-order valence-electron chi connectivity index (χ2n) is 10.1. The van der Waals surface area contributed by atoms with Crippen LogP contribution in [0.4, 0.5) is 17.5 Å². The number of Topliss-reactive ketones (excluding diaryl/α,β-unsaturated/α-hetero) is 1. The van der Waals surface area contributed by atoms with Gasteiger partial charge >= 0.3 is 5.91 Å². The van der Waals surface area contributed by atoms with Crippen LogP contribution in [0.25, 0.3) is 11.0 Å². The molecule has 42 heavy (non-hydrogen) atoms. The van der Waals surface area contributed by atoms with Gasteiger partial charge in [-0.1, -0.05) is 12.8 Å². The number of hydroxylamine groups is 1. The maximum Gasteiger partial charge on any atom is 0.312 e. The van der Waals surface area contributed by atoms with E-state index in [0.717, 1.165) is 25.7 Å². The van der Waals surface area contributed by atoms with Crippen LogP contribution in [0, 0.1) is 6.92 Å². The van der Waals surface area contributed by atoms with Crippen molar-refractivity contribution >= 4 is 40.2 Å². The van der Waals surface area contributed by atoms with Crippen LogP contribution in [0.1, 0.15) is 65.2 Å². The minimum absolute atomic E-state index is 0.00490. The number of pyridine rings is 2. The highest BCUT2D eigenvalue weighted by Crippen LogP contribution is 2.32. The minimum Gasteiger partial charge on any atom is -0.490 e. The molecule has 4 aromatic heterocycles. The number of carbonyl (C=O) groups is 2. The zero-order valence-electron chi connectivity index (χ0n) is 23.5.